The van der Waals surface area contributed by atoms with E-state index in [1.165, 1.54) is 199 Å². The standard InChI is InChI=1S/C65H123N2O7P/c1-7-10-13-16-19-22-25-26-27-28-29-30-31-32-33-34-35-36-37-38-39-40-43-45-48-51-54-57-64(68)66-62(61-73-75(70,71)72-60-59-67(4,5)6)63(56-53-50-47-44-41-23-20-17-14-11-8-2)74-65(69)58-55-52-49-46-42-24-21-18-15-12-9-3/h19,22,26-27,29-30,53,56,62-63H,7-18,20-21,23-25,28,31-52,54-55,57-61H2,1-6H3,(H-,66,68,70,71)/b22-19-,27-26-,30-29-,56-53-. The number of ether oxygens (including phenoxy) is 1. The van der Waals surface area contributed by atoms with Crippen molar-refractivity contribution in [1.82, 2.24) is 5.32 Å². The summed E-state index contributed by atoms with van der Waals surface area (Å²) in [4.78, 5) is 39.9. The molecule has 0 aromatic rings. The normalized spacial score (nSPS) is 14.0. The van der Waals surface area contributed by atoms with Gasteiger partial charge in [0.05, 0.1) is 33.8 Å². The number of carbonyl (C=O) groups excluding carboxylic acids is 2. The summed E-state index contributed by atoms with van der Waals surface area (Å²) in [6.07, 6.45) is 68.0. The van der Waals surface area contributed by atoms with Gasteiger partial charge in [0.15, 0.2) is 0 Å². The van der Waals surface area contributed by atoms with Gasteiger partial charge in [0.2, 0.25) is 5.91 Å². The second-order valence-corrected chi connectivity index (χ2v) is 24.3. The second-order valence-electron chi connectivity index (χ2n) is 22.9. The van der Waals surface area contributed by atoms with Crippen molar-refractivity contribution in [2.45, 2.75) is 315 Å². The Morgan fingerprint density at radius 1 is 0.467 bits per heavy atom. The zero-order chi connectivity index (χ0) is 55.0. The zero-order valence-electron chi connectivity index (χ0n) is 50.3. The maximum atomic E-state index is 13.5. The van der Waals surface area contributed by atoms with Gasteiger partial charge in [-0.3, -0.25) is 14.2 Å². The van der Waals surface area contributed by atoms with Crippen molar-refractivity contribution < 1.29 is 37.3 Å². The highest BCUT2D eigenvalue weighted by molar-refractivity contribution is 7.45. The number of likely N-dealkylation sites (N-methyl/N-ethyl adjacent to an activating group) is 1. The molecule has 0 aliphatic carbocycles. The summed E-state index contributed by atoms with van der Waals surface area (Å²) < 4.78 is 30.3. The van der Waals surface area contributed by atoms with Crippen LogP contribution in [0.1, 0.15) is 303 Å². The monoisotopic (exact) mass is 1070 g/mol. The molecule has 0 saturated heterocycles. The van der Waals surface area contributed by atoms with Gasteiger partial charge in [-0.1, -0.05) is 269 Å². The number of nitrogens with one attached hydrogen (secondary N) is 1. The molecular formula is C65H123N2O7P. The molecule has 0 radical (unpaired) electrons. The first-order valence-electron chi connectivity index (χ1n) is 31.9. The summed E-state index contributed by atoms with van der Waals surface area (Å²) in [5.41, 5.74) is 0. The van der Waals surface area contributed by atoms with Gasteiger partial charge >= 0.3 is 5.97 Å². The van der Waals surface area contributed by atoms with Crippen molar-refractivity contribution in [2.24, 2.45) is 0 Å². The van der Waals surface area contributed by atoms with Gasteiger partial charge < -0.3 is 28.5 Å². The fourth-order valence-electron chi connectivity index (χ4n) is 9.29. The number of unbranched alkanes of at least 4 members (excludes halogenated alkanes) is 36. The minimum atomic E-state index is -4.69. The Hall–Kier alpha value is -2.03. The van der Waals surface area contributed by atoms with Crippen LogP contribution in [0.3, 0.4) is 0 Å². The smallest absolute Gasteiger partial charge is 0.306 e. The highest BCUT2D eigenvalue weighted by Gasteiger charge is 2.27. The van der Waals surface area contributed by atoms with Crippen LogP contribution >= 0.6 is 7.82 Å². The Morgan fingerprint density at radius 2 is 0.813 bits per heavy atom. The molecular weight excluding hydrogens is 952 g/mol. The highest BCUT2D eigenvalue weighted by atomic mass is 31.2. The number of quaternary nitrogens is 1. The van der Waals surface area contributed by atoms with E-state index in [9.17, 15) is 19.0 Å². The molecule has 0 fully saturated rings. The number of amides is 1. The van der Waals surface area contributed by atoms with Crippen molar-refractivity contribution in [3.63, 3.8) is 0 Å². The molecule has 0 spiro atoms. The quantitative estimate of drug-likeness (QED) is 0.0212. The van der Waals surface area contributed by atoms with Crippen LogP contribution in [0.25, 0.3) is 0 Å². The zero-order valence-corrected chi connectivity index (χ0v) is 51.2. The molecule has 0 aromatic carbocycles. The topological polar surface area (TPSA) is 114 Å². The first kappa shape index (κ1) is 73.0. The maximum Gasteiger partial charge on any atom is 0.306 e. The summed E-state index contributed by atoms with van der Waals surface area (Å²) in [5, 5.41) is 3.03. The Morgan fingerprint density at radius 3 is 1.24 bits per heavy atom. The molecule has 0 aromatic heterocycles. The second kappa shape index (κ2) is 55.3. The highest BCUT2D eigenvalue weighted by Crippen LogP contribution is 2.38. The molecule has 3 atom stereocenters. The minimum absolute atomic E-state index is 0.0207. The lowest BCUT2D eigenvalue weighted by molar-refractivity contribution is -0.870. The van der Waals surface area contributed by atoms with Gasteiger partial charge in [-0.25, -0.2) is 0 Å². The van der Waals surface area contributed by atoms with E-state index in [2.05, 4.69) is 62.5 Å². The lowest BCUT2D eigenvalue weighted by Crippen LogP contribution is -2.47. The number of hydrogen-bond donors (Lipinski definition) is 1. The third-order valence-corrected chi connectivity index (χ3v) is 15.2. The molecule has 0 aliphatic heterocycles. The molecule has 1 N–H and O–H groups in total. The number of allylic oxidation sites excluding steroid dienone is 7. The Bertz CT molecular complexity index is 1420. The van der Waals surface area contributed by atoms with E-state index < -0.39 is 20.0 Å². The lowest BCUT2D eigenvalue weighted by atomic mass is 10.0. The molecule has 0 rings (SSSR count). The fraction of sp³-hybridized carbons (Fsp3) is 0.846. The van der Waals surface area contributed by atoms with Crippen molar-refractivity contribution in [1.29, 1.82) is 0 Å². The first-order valence-corrected chi connectivity index (χ1v) is 33.4. The molecule has 75 heavy (non-hydrogen) atoms. The number of phosphoric acid groups is 1. The van der Waals surface area contributed by atoms with Gasteiger partial charge in [-0.05, 0) is 70.3 Å². The van der Waals surface area contributed by atoms with Crippen molar-refractivity contribution in [3.05, 3.63) is 48.6 Å². The van der Waals surface area contributed by atoms with Crippen LogP contribution in [0.15, 0.2) is 48.6 Å². The van der Waals surface area contributed by atoms with Crippen molar-refractivity contribution in [2.75, 3.05) is 40.9 Å². The largest absolute Gasteiger partial charge is 0.756 e. The minimum Gasteiger partial charge on any atom is -0.756 e. The number of hydrogen-bond acceptors (Lipinski definition) is 7. The summed E-state index contributed by atoms with van der Waals surface area (Å²) in [7, 11) is 1.19. The van der Waals surface area contributed by atoms with Crippen LogP contribution in [0, 0.1) is 0 Å². The molecule has 0 bridgehead atoms. The molecule has 440 valence electrons. The van der Waals surface area contributed by atoms with Crippen LogP contribution in [0.2, 0.25) is 0 Å². The third kappa shape index (κ3) is 56.5. The van der Waals surface area contributed by atoms with Crippen LogP contribution in [-0.4, -0.2) is 69.4 Å². The molecule has 0 heterocycles. The van der Waals surface area contributed by atoms with E-state index in [-0.39, 0.29) is 31.5 Å². The predicted molar refractivity (Wildman–Crippen MR) is 321 cm³/mol. The van der Waals surface area contributed by atoms with Crippen LogP contribution in [-0.2, 0) is 27.9 Å². The number of esters is 1. The van der Waals surface area contributed by atoms with Crippen molar-refractivity contribution >= 4 is 19.7 Å². The van der Waals surface area contributed by atoms with Crippen LogP contribution < -0.4 is 10.2 Å². The Labute approximate surface area is 465 Å². The maximum absolute atomic E-state index is 13.5. The number of carbonyl (C=O) groups is 2. The summed E-state index contributed by atoms with van der Waals surface area (Å²) in [5.74, 6) is -0.533. The Balaban J connectivity index is 4.95. The summed E-state index contributed by atoms with van der Waals surface area (Å²) >= 11 is 0. The van der Waals surface area contributed by atoms with E-state index in [4.69, 9.17) is 13.8 Å². The van der Waals surface area contributed by atoms with E-state index in [1.54, 1.807) is 0 Å². The number of nitrogens with zero attached hydrogens (tertiary/aromatic N) is 1. The first-order chi connectivity index (χ1) is 36.4. The molecule has 0 aliphatic rings. The summed E-state index contributed by atoms with van der Waals surface area (Å²) in [6.45, 7) is 6.82. The number of rotatable bonds is 58. The number of phosphoric ester groups is 1. The van der Waals surface area contributed by atoms with Gasteiger partial charge in [0, 0.05) is 12.8 Å². The summed E-state index contributed by atoms with van der Waals surface area (Å²) in [6, 6.07) is -0.884. The predicted octanol–water partition coefficient (Wildman–Crippen LogP) is 19.0. The van der Waals surface area contributed by atoms with Gasteiger partial charge in [0.25, 0.3) is 7.82 Å². The average Bonchev–Trinajstić information content (AvgIpc) is 3.37. The van der Waals surface area contributed by atoms with Crippen LogP contribution in [0.4, 0.5) is 0 Å². The molecule has 3 unspecified atom stereocenters. The van der Waals surface area contributed by atoms with Gasteiger partial charge in [-0.15, -0.1) is 0 Å². The third-order valence-electron chi connectivity index (χ3n) is 14.3. The fourth-order valence-corrected chi connectivity index (χ4v) is 10.0. The van der Waals surface area contributed by atoms with Crippen molar-refractivity contribution in [3.8, 4) is 0 Å². The van der Waals surface area contributed by atoms with E-state index in [1.807, 2.05) is 33.3 Å². The van der Waals surface area contributed by atoms with Gasteiger partial charge in [-0.2, -0.15) is 0 Å². The molecule has 0 saturated carbocycles. The molecule has 10 heteroatoms. The molecule has 1 amide bonds. The SMILES string of the molecule is CCCCC/C=C\C/C=C\C/C=C\CCCCCCCCCCCCCCCCC(=O)NC(COP(=O)([O-])OCC[N+](C)(C)C)C(/C=C\CCCCCCCCCCC)OC(=O)CCCCCCCCCCCCC. The van der Waals surface area contributed by atoms with E-state index in [0.717, 1.165) is 70.6 Å². The molecule has 9 nitrogen and oxygen atoms in total. The van der Waals surface area contributed by atoms with Crippen LogP contribution in [0.5, 0.6) is 0 Å². The van der Waals surface area contributed by atoms with E-state index in [0.29, 0.717) is 17.4 Å². The Kier molecular flexibility index (Phi) is 53.8. The van der Waals surface area contributed by atoms with E-state index >= 15 is 0 Å². The lowest BCUT2D eigenvalue weighted by Gasteiger charge is -2.30. The van der Waals surface area contributed by atoms with Gasteiger partial charge in [0.1, 0.15) is 19.3 Å². The average molecular weight is 1080 g/mol.